The van der Waals surface area contributed by atoms with E-state index in [9.17, 15) is 31.1 Å². The summed E-state index contributed by atoms with van der Waals surface area (Å²) in [6.07, 6.45) is -2.68. The minimum atomic E-state index is -4.75. The second-order valence-electron chi connectivity index (χ2n) is 10.8. The van der Waals surface area contributed by atoms with Gasteiger partial charge in [-0.1, -0.05) is 40.0 Å². The molecule has 11 heteroatoms. The predicted octanol–water partition coefficient (Wildman–Crippen LogP) is 8.61. The van der Waals surface area contributed by atoms with E-state index in [0.29, 0.717) is 32.4 Å². The van der Waals surface area contributed by atoms with Gasteiger partial charge in [0.25, 0.3) is 0 Å². The van der Waals surface area contributed by atoms with Gasteiger partial charge in [-0.3, -0.25) is 4.79 Å². The highest BCUT2D eigenvalue weighted by Crippen LogP contribution is 2.44. The zero-order valence-corrected chi connectivity index (χ0v) is 23.4. The van der Waals surface area contributed by atoms with Crippen LogP contribution in [0.15, 0.2) is 24.4 Å². The summed E-state index contributed by atoms with van der Waals surface area (Å²) in [4.78, 5) is 22.9. The minimum absolute atomic E-state index is 0.0532. The monoisotopic (exact) mass is 572 g/mol. The molecule has 2 aromatic rings. The Morgan fingerprint density at radius 1 is 1.10 bits per heavy atom. The summed E-state index contributed by atoms with van der Waals surface area (Å²) in [7, 11) is 0. The van der Waals surface area contributed by atoms with E-state index in [1.807, 2.05) is 13.8 Å². The van der Waals surface area contributed by atoms with Crippen molar-refractivity contribution in [1.82, 2.24) is 9.97 Å². The van der Waals surface area contributed by atoms with E-state index in [-0.39, 0.29) is 34.7 Å². The Morgan fingerprint density at radius 3 is 2.35 bits per heavy atom. The first-order chi connectivity index (χ1) is 18.8. The van der Waals surface area contributed by atoms with Gasteiger partial charge in [0.15, 0.2) is 0 Å². The third-order valence-electron chi connectivity index (χ3n) is 7.45. The zero-order valence-electron chi connectivity index (χ0n) is 23.4. The molecule has 2 unspecified atom stereocenters. The topological polar surface area (TPSA) is 58.1 Å². The quantitative estimate of drug-likeness (QED) is 0.259. The lowest BCUT2D eigenvalue weighted by Gasteiger charge is -2.29. The lowest BCUT2D eigenvalue weighted by Crippen LogP contribution is -2.31. The maximum Gasteiger partial charge on any atom is 0.416 e. The first-order valence-corrected chi connectivity index (χ1v) is 14.0. The van der Waals surface area contributed by atoms with Crippen molar-refractivity contribution in [2.24, 2.45) is 11.8 Å². The van der Waals surface area contributed by atoms with Crippen molar-refractivity contribution in [2.45, 2.75) is 90.9 Å². The number of alkyl halides is 6. The average molecular weight is 573 g/mol. The number of carbonyl (C=O) groups is 1. The first kappa shape index (κ1) is 31.7. The molecule has 0 saturated heterocycles. The molecule has 1 fully saturated rings. The van der Waals surface area contributed by atoms with Crippen molar-refractivity contribution in [3.63, 3.8) is 0 Å². The molecule has 1 aliphatic rings. The van der Waals surface area contributed by atoms with Crippen LogP contribution in [-0.4, -0.2) is 35.1 Å². The number of unbranched alkanes of at least 4 members (excludes halogenated alkanes) is 1. The molecule has 2 atom stereocenters. The van der Waals surface area contributed by atoms with Gasteiger partial charge in [-0.25, -0.2) is 9.97 Å². The fraction of sp³-hybridized carbons (Fsp3) is 0.621. The van der Waals surface area contributed by atoms with Gasteiger partial charge >= 0.3 is 12.4 Å². The van der Waals surface area contributed by atoms with E-state index in [4.69, 9.17) is 0 Å². The SMILES string of the molecule is CCCCC(C)CN(CCC)c1cc(C(F)(F)F)cc(-c2ccnc(NC(=O)C3CCC3)c2C(C)C(F)(F)F)n1. The van der Waals surface area contributed by atoms with E-state index in [2.05, 4.69) is 22.2 Å². The van der Waals surface area contributed by atoms with Gasteiger partial charge in [0, 0.05) is 36.3 Å². The Bertz CT molecular complexity index is 1150. The summed E-state index contributed by atoms with van der Waals surface area (Å²) in [5, 5.41) is 2.51. The van der Waals surface area contributed by atoms with Crippen molar-refractivity contribution < 1.29 is 31.1 Å². The van der Waals surface area contributed by atoms with Crippen LogP contribution in [0.4, 0.5) is 38.0 Å². The Morgan fingerprint density at radius 2 is 1.80 bits per heavy atom. The highest BCUT2D eigenvalue weighted by atomic mass is 19.4. The third-order valence-corrected chi connectivity index (χ3v) is 7.45. The van der Waals surface area contributed by atoms with Crippen molar-refractivity contribution >= 4 is 17.5 Å². The Labute approximate surface area is 231 Å². The lowest BCUT2D eigenvalue weighted by atomic mass is 9.84. The van der Waals surface area contributed by atoms with Crippen molar-refractivity contribution in [1.29, 1.82) is 0 Å². The highest BCUT2D eigenvalue weighted by Gasteiger charge is 2.41. The molecule has 222 valence electrons. The smallest absolute Gasteiger partial charge is 0.356 e. The van der Waals surface area contributed by atoms with Crippen LogP contribution < -0.4 is 10.2 Å². The molecule has 5 nitrogen and oxygen atoms in total. The van der Waals surface area contributed by atoms with Crippen molar-refractivity contribution in [3.05, 3.63) is 35.5 Å². The Kier molecular flexibility index (Phi) is 10.5. The molecular weight excluding hydrogens is 534 g/mol. The molecule has 0 spiro atoms. The number of hydrogen-bond acceptors (Lipinski definition) is 4. The van der Waals surface area contributed by atoms with Crippen LogP contribution in [0.5, 0.6) is 0 Å². The van der Waals surface area contributed by atoms with Crippen LogP contribution in [-0.2, 0) is 11.0 Å². The van der Waals surface area contributed by atoms with Crippen molar-refractivity contribution in [3.8, 4) is 11.3 Å². The van der Waals surface area contributed by atoms with E-state index in [1.54, 1.807) is 4.90 Å². The van der Waals surface area contributed by atoms with Gasteiger partial charge in [-0.05, 0) is 56.7 Å². The number of halogens is 6. The van der Waals surface area contributed by atoms with Gasteiger partial charge in [0.05, 0.1) is 17.2 Å². The van der Waals surface area contributed by atoms with Gasteiger partial charge < -0.3 is 10.2 Å². The Balaban J connectivity index is 2.17. The zero-order chi connectivity index (χ0) is 29.7. The number of anilines is 2. The number of carbonyl (C=O) groups excluding carboxylic acids is 1. The summed E-state index contributed by atoms with van der Waals surface area (Å²) in [5.41, 5.74) is -1.80. The lowest BCUT2D eigenvalue weighted by molar-refractivity contribution is -0.146. The maximum absolute atomic E-state index is 14.1. The maximum atomic E-state index is 14.1. The van der Waals surface area contributed by atoms with Gasteiger partial charge in [-0.15, -0.1) is 0 Å². The molecule has 1 N–H and O–H groups in total. The van der Waals surface area contributed by atoms with Gasteiger partial charge in [0.2, 0.25) is 5.91 Å². The summed E-state index contributed by atoms with van der Waals surface area (Å²) < 4.78 is 84.4. The molecule has 0 aliphatic heterocycles. The molecule has 0 aromatic carbocycles. The van der Waals surface area contributed by atoms with Crippen LogP contribution >= 0.6 is 0 Å². The third kappa shape index (κ3) is 7.87. The van der Waals surface area contributed by atoms with Gasteiger partial charge in [-0.2, -0.15) is 26.3 Å². The highest BCUT2D eigenvalue weighted by molar-refractivity contribution is 5.94. The summed E-state index contributed by atoms with van der Waals surface area (Å²) in [5.74, 6) is -2.96. The van der Waals surface area contributed by atoms with Crippen molar-refractivity contribution in [2.75, 3.05) is 23.3 Å². The van der Waals surface area contributed by atoms with E-state index < -0.39 is 35.3 Å². The minimum Gasteiger partial charge on any atom is -0.356 e. The number of pyridine rings is 2. The standard InChI is InChI=1S/C29H38F6N4O/c1-5-7-9-18(3)17-39(14-6-2)24-16-21(29(33,34)35)15-23(37-24)22-12-13-36-26(25(22)19(4)28(30,31)32)38-27(40)20-10-8-11-20/h12-13,15-16,18-20H,5-11,14,17H2,1-4H3,(H,36,38,40). The second-order valence-corrected chi connectivity index (χ2v) is 10.8. The van der Waals surface area contributed by atoms with E-state index in [1.165, 1.54) is 12.3 Å². The molecule has 1 amide bonds. The number of nitrogens with zero attached hydrogens (tertiary/aromatic N) is 3. The van der Waals surface area contributed by atoms with Crippen LogP contribution in [0.1, 0.15) is 89.7 Å². The summed E-state index contributed by atoms with van der Waals surface area (Å²) in [6.45, 7) is 7.81. The van der Waals surface area contributed by atoms with Gasteiger partial charge in [0.1, 0.15) is 11.6 Å². The molecule has 1 aliphatic carbocycles. The molecule has 0 bridgehead atoms. The number of aromatic nitrogens is 2. The molecule has 1 saturated carbocycles. The molecule has 2 aromatic heterocycles. The second kappa shape index (κ2) is 13.2. The fourth-order valence-electron chi connectivity index (χ4n) is 4.86. The van der Waals surface area contributed by atoms with Crippen LogP contribution in [0.3, 0.4) is 0 Å². The fourth-order valence-corrected chi connectivity index (χ4v) is 4.86. The molecule has 40 heavy (non-hydrogen) atoms. The summed E-state index contributed by atoms with van der Waals surface area (Å²) >= 11 is 0. The normalized spacial score (nSPS) is 15.8. The first-order valence-electron chi connectivity index (χ1n) is 14.0. The number of hydrogen-bond donors (Lipinski definition) is 1. The van der Waals surface area contributed by atoms with E-state index in [0.717, 1.165) is 44.7 Å². The number of rotatable bonds is 12. The average Bonchev–Trinajstić information content (AvgIpc) is 2.84. The van der Waals surface area contributed by atoms with Crippen LogP contribution in [0, 0.1) is 11.8 Å². The van der Waals surface area contributed by atoms with E-state index >= 15 is 0 Å². The Hall–Kier alpha value is -2.85. The largest absolute Gasteiger partial charge is 0.416 e. The predicted molar refractivity (Wildman–Crippen MR) is 144 cm³/mol. The number of amides is 1. The van der Waals surface area contributed by atoms with Crippen LogP contribution in [0.2, 0.25) is 0 Å². The number of nitrogens with one attached hydrogen (secondary N) is 1. The molecule has 3 rings (SSSR count). The molecule has 2 heterocycles. The molecule has 0 radical (unpaired) electrons. The summed E-state index contributed by atoms with van der Waals surface area (Å²) in [6, 6.07) is 2.96. The van der Waals surface area contributed by atoms with Crippen LogP contribution in [0.25, 0.3) is 11.3 Å². The molecular formula is C29H38F6N4O.